The summed E-state index contributed by atoms with van der Waals surface area (Å²) in [6.07, 6.45) is 3.51. The number of nitrogens with two attached hydrogens (primary N) is 1. The fourth-order valence-corrected chi connectivity index (χ4v) is 3.39. The van der Waals surface area contributed by atoms with Gasteiger partial charge in [-0.2, -0.15) is 5.10 Å². The molecule has 11 heteroatoms. The minimum atomic E-state index is -1.08. The number of urea groups is 2. The first-order valence-electron chi connectivity index (χ1n) is 6.92. The number of imide groups is 1. The summed E-state index contributed by atoms with van der Waals surface area (Å²) in [5.41, 5.74) is 6.57. The summed E-state index contributed by atoms with van der Waals surface area (Å²) in [6.45, 7) is 0.483. The molecule has 0 saturated carbocycles. The van der Waals surface area contributed by atoms with Gasteiger partial charge >= 0.3 is 12.1 Å². The predicted molar refractivity (Wildman–Crippen MR) is 91.3 cm³/mol. The normalized spacial score (nSPS) is 20.0. The van der Waals surface area contributed by atoms with Crippen molar-refractivity contribution in [1.82, 2.24) is 20.2 Å². The second-order valence-electron chi connectivity index (χ2n) is 4.87. The molecule has 9 nitrogen and oxygen atoms in total. The summed E-state index contributed by atoms with van der Waals surface area (Å²) in [5.74, 6) is 0.698. The van der Waals surface area contributed by atoms with E-state index >= 15 is 0 Å². The van der Waals surface area contributed by atoms with Gasteiger partial charge in [-0.1, -0.05) is 0 Å². The van der Waals surface area contributed by atoms with Gasteiger partial charge in [-0.15, -0.1) is 23.1 Å². The highest BCUT2D eigenvalue weighted by atomic mass is 32.2. The van der Waals surface area contributed by atoms with E-state index in [1.165, 1.54) is 5.01 Å². The Labute approximate surface area is 145 Å². The number of rotatable bonds is 4. The molecule has 125 valence electrons. The maximum absolute atomic E-state index is 12.3. The molecular formula is C13H13N6O3S2. The molecule has 0 aromatic carbocycles. The summed E-state index contributed by atoms with van der Waals surface area (Å²) in [5, 5.41) is 11.6. The number of allylic oxidation sites excluding steroid dienone is 1. The van der Waals surface area contributed by atoms with E-state index in [0.29, 0.717) is 12.3 Å². The summed E-state index contributed by atoms with van der Waals surface area (Å²) in [6, 6.07) is -2.31. The number of carbonyl (C=O) groups excluding carboxylic acids is 3. The number of amides is 4. The lowest BCUT2D eigenvalue weighted by atomic mass is 10.2. The number of thioether (sulfide) groups is 1. The molecule has 2 aliphatic rings. The van der Waals surface area contributed by atoms with Crippen LogP contribution in [0.2, 0.25) is 0 Å². The van der Waals surface area contributed by atoms with E-state index in [4.69, 9.17) is 5.73 Å². The zero-order chi connectivity index (χ0) is 17.1. The first-order valence-corrected chi connectivity index (χ1v) is 8.85. The van der Waals surface area contributed by atoms with Crippen LogP contribution in [0.3, 0.4) is 0 Å². The molecule has 2 aliphatic heterocycles. The third-order valence-corrected chi connectivity index (χ3v) is 4.77. The summed E-state index contributed by atoms with van der Waals surface area (Å²) in [7, 11) is 0. The fraction of sp³-hybridized carbons (Fsp3) is 0.308. The number of thiazole rings is 1. The Balaban J connectivity index is 1.64. The molecule has 0 aliphatic carbocycles. The Bertz CT molecular complexity index is 731. The Hall–Kier alpha value is -2.40. The van der Waals surface area contributed by atoms with Gasteiger partial charge in [-0.3, -0.25) is 4.79 Å². The molecule has 3 N–H and O–H groups in total. The predicted octanol–water partition coefficient (Wildman–Crippen LogP) is 0.940. The highest BCUT2D eigenvalue weighted by Gasteiger charge is 2.35. The van der Waals surface area contributed by atoms with Crippen molar-refractivity contribution in [3.8, 4) is 0 Å². The number of carbonyl (C=O) groups is 2. The lowest BCUT2D eigenvalue weighted by Gasteiger charge is -2.17. The number of aromatic nitrogens is 1. The van der Waals surface area contributed by atoms with Crippen molar-refractivity contribution >= 4 is 52.3 Å². The van der Waals surface area contributed by atoms with Crippen molar-refractivity contribution < 1.29 is 14.4 Å². The minimum absolute atomic E-state index is 0.184. The van der Waals surface area contributed by atoms with Crippen LogP contribution in [0, 0.1) is 0 Å². The van der Waals surface area contributed by atoms with Crippen LogP contribution in [0.1, 0.15) is 11.7 Å². The van der Waals surface area contributed by atoms with E-state index in [1.54, 1.807) is 23.4 Å². The molecule has 3 heterocycles. The maximum Gasteiger partial charge on any atom is 0.348 e. The minimum Gasteiger partial charge on any atom is -0.375 e. The van der Waals surface area contributed by atoms with Crippen LogP contribution >= 0.6 is 23.1 Å². The summed E-state index contributed by atoms with van der Waals surface area (Å²) >= 11 is 2.73. The van der Waals surface area contributed by atoms with Crippen LogP contribution in [-0.2, 0) is 4.79 Å². The second kappa shape index (κ2) is 7.01. The number of hydrogen-bond donors (Lipinski definition) is 2. The van der Waals surface area contributed by atoms with Crippen molar-refractivity contribution in [1.29, 1.82) is 0 Å². The van der Waals surface area contributed by atoms with Crippen LogP contribution in [0.5, 0.6) is 0 Å². The highest BCUT2D eigenvalue weighted by molar-refractivity contribution is 8.03. The topological polar surface area (TPSA) is 121 Å². The maximum atomic E-state index is 12.3. The zero-order valence-electron chi connectivity index (χ0n) is 12.3. The zero-order valence-corrected chi connectivity index (χ0v) is 14.0. The third-order valence-electron chi connectivity index (χ3n) is 3.29. The van der Waals surface area contributed by atoms with Crippen molar-refractivity contribution in [2.45, 2.75) is 6.04 Å². The van der Waals surface area contributed by atoms with Crippen LogP contribution in [0.25, 0.3) is 0 Å². The van der Waals surface area contributed by atoms with Gasteiger partial charge in [-0.05, 0) is 11.5 Å². The molecule has 1 atom stereocenters. The molecule has 1 unspecified atom stereocenters. The SMILES string of the molecule is Nc1nc(C([C]=O)NC(=O)N2CCN(N=C3C=CSC3)C2=O)cs1. The number of nitrogens with zero attached hydrogens (tertiary/aromatic N) is 4. The van der Waals surface area contributed by atoms with E-state index in [9.17, 15) is 14.4 Å². The Kier molecular flexibility index (Phi) is 4.81. The van der Waals surface area contributed by atoms with Gasteiger partial charge in [0, 0.05) is 11.1 Å². The first-order chi connectivity index (χ1) is 11.6. The molecule has 1 saturated heterocycles. The molecule has 24 heavy (non-hydrogen) atoms. The molecular weight excluding hydrogens is 352 g/mol. The third kappa shape index (κ3) is 3.41. The van der Waals surface area contributed by atoms with Crippen molar-refractivity contribution in [2.24, 2.45) is 5.10 Å². The second-order valence-corrected chi connectivity index (χ2v) is 6.66. The van der Waals surface area contributed by atoms with E-state index in [0.717, 1.165) is 21.9 Å². The monoisotopic (exact) mass is 365 g/mol. The Morgan fingerprint density at radius 1 is 1.50 bits per heavy atom. The molecule has 1 aromatic rings. The number of hydrogen-bond acceptors (Lipinski definition) is 8. The quantitative estimate of drug-likeness (QED) is 0.819. The average Bonchev–Trinajstić information content (AvgIpc) is 3.29. The number of anilines is 1. The Morgan fingerprint density at radius 3 is 2.96 bits per heavy atom. The van der Waals surface area contributed by atoms with Gasteiger partial charge in [0.2, 0.25) is 6.29 Å². The smallest absolute Gasteiger partial charge is 0.348 e. The van der Waals surface area contributed by atoms with Gasteiger partial charge in [0.1, 0.15) is 6.04 Å². The molecule has 1 aromatic heterocycles. The molecule has 0 bridgehead atoms. The number of nitrogens with one attached hydrogen (secondary N) is 1. The van der Waals surface area contributed by atoms with Gasteiger partial charge in [-0.25, -0.2) is 24.5 Å². The molecule has 0 spiro atoms. The lowest BCUT2D eigenvalue weighted by molar-refractivity contribution is 0.185. The molecule has 4 amide bonds. The summed E-state index contributed by atoms with van der Waals surface area (Å²) in [4.78, 5) is 40.5. The van der Waals surface area contributed by atoms with Crippen LogP contribution in [-0.4, -0.2) is 57.8 Å². The van der Waals surface area contributed by atoms with Crippen molar-refractivity contribution in [3.63, 3.8) is 0 Å². The lowest BCUT2D eigenvalue weighted by Crippen LogP contribution is -2.44. The van der Waals surface area contributed by atoms with Crippen LogP contribution in [0.4, 0.5) is 14.7 Å². The van der Waals surface area contributed by atoms with Gasteiger partial charge in [0.25, 0.3) is 0 Å². The van der Waals surface area contributed by atoms with Crippen molar-refractivity contribution in [2.75, 3.05) is 24.6 Å². The van der Waals surface area contributed by atoms with E-state index in [1.807, 2.05) is 11.5 Å². The number of hydrazone groups is 1. The van der Waals surface area contributed by atoms with Gasteiger partial charge < -0.3 is 11.1 Å². The number of nitrogen functional groups attached to an aromatic ring is 1. The van der Waals surface area contributed by atoms with Crippen molar-refractivity contribution in [3.05, 3.63) is 22.6 Å². The van der Waals surface area contributed by atoms with Crippen LogP contribution in [0.15, 0.2) is 22.0 Å². The fourth-order valence-electron chi connectivity index (χ4n) is 2.13. The Morgan fingerprint density at radius 2 is 2.33 bits per heavy atom. The highest BCUT2D eigenvalue weighted by Crippen LogP contribution is 2.19. The van der Waals surface area contributed by atoms with E-state index in [-0.39, 0.29) is 17.4 Å². The van der Waals surface area contributed by atoms with Gasteiger partial charge in [0.15, 0.2) is 5.13 Å². The molecule has 1 radical (unpaired) electrons. The van der Waals surface area contributed by atoms with E-state index < -0.39 is 18.1 Å². The van der Waals surface area contributed by atoms with Gasteiger partial charge in [0.05, 0.1) is 24.5 Å². The average molecular weight is 365 g/mol. The van der Waals surface area contributed by atoms with E-state index in [2.05, 4.69) is 15.4 Å². The standard InChI is InChI=1S/C13H13N6O3S2/c14-11-15-10(7-24-11)9(5-20)16-12(21)18-2-3-19(13(18)22)17-8-1-4-23-6-8/h1,4,7,9H,2-3,6H2,(H2,14,15)(H,16,21). The molecule has 3 rings (SSSR count). The first kappa shape index (κ1) is 16.5. The van der Waals surface area contributed by atoms with Crippen LogP contribution < -0.4 is 11.1 Å². The molecule has 1 fully saturated rings. The summed E-state index contributed by atoms with van der Waals surface area (Å²) < 4.78 is 0. The largest absolute Gasteiger partial charge is 0.375 e.